The Morgan fingerprint density at radius 2 is 1.88 bits per heavy atom. The van der Waals surface area contributed by atoms with Gasteiger partial charge in [0.15, 0.2) is 5.65 Å². The first kappa shape index (κ1) is 26.4. The highest BCUT2D eigenvalue weighted by Gasteiger charge is 2.33. The molecule has 2 aliphatic heterocycles. The Kier molecular flexibility index (Phi) is 6.56. The molecule has 1 aliphatic carbocycles. The SMILES string of the molecule is COC(=O)N[C@H]1CCN(c2ccc(-c3cc4nc(C(=O)N5CCc6ccccc6[C@H]5C)cc(C5CC5)n4n3)c(F)c2)C1. The summed E-state index contributed by atoms with van der Waals surface area (Å²) in [7, 11) is 1.34. The molecule has 1 saturated heterocycles. The third-order valence-corrected chi connectivity index (χ3v) is 8.81. The Morgan fingerprint density at radius 3 is 2.67 bits per heavy atom. The second-order valence-electron chi connectivity index (χ2n) is 11.5. The quantitative estimate of drug-likeness (QED) is 0.360. The van der Waals surface area contributed by atoms with Gasteiger partial charge in [0.1, 0.15) is 11.5 Å². The number of nitrogens with one attached hydrogen (secondary N) is 1. The van der Waals surface area contributed by atoms with Gasteiger partial charge in [0.25, 0.3) is 5.91 Å². The van der Waals surface area contributed by atoms with Crippen LogP contribution in [0.5, 0.6) is 0 Å². The van der Waals surface area contributed by atoms with Crippen molar-refractivity contribution in [3.63, 3.8) is 0 Å². The van der Waals surface area contributed by atoms with E-state index in [0.29, 0.717) is 48.2 Å². The van der Waals surface area contributed by atoms with Crippen molar-refractivity contribution in [2.24, 2.45) is 0 Å². The van der Waals surface area contributed by atoms with E-state index in [1.807, 2.05) is 34.1 Å². The molecule has 2 atom stereocenters. The van der Waals surface area contributed by atoms with E-state index in [9.17, 15) is 9.59 Å². The lowest BCUT2D eigenvalue weighted by Crippen LogP contribution is -2.39. The number of aromatic nitrogens is 3. The van der Waals surface area contributed by atoms with Gasteiger partial charge in [-0.3, -0.25) is 4.79 Å². The highest BCUT2D eigenvalue weighted by Crippen LogP contribution is 2.41. The van der Waals surface area contributed by atoms with Gasteiger partial charge in [-0.2, -0.15) is 5.10 Å². The molecule has 2 fully saturated rings. The number of fused-ring (bicyclic) bond motifs is 2. The molecule has 3 aliphatic rings. The van der Waals surface area contributed by atoms with Crippen LogP contribution < -0.4 is 10.2 Å². The number of ether oxygens (including phenoxy) is 1. The predicted octanol–water partition coefficient (Wildman–Crippen LogP) is 5.11. The van der Waals surface area contributed by atoms with Crippen molar-refractivity contribution < 1.29 is 18.7 Å². The van der Waals surface area contributed by atoms with Crippen molar-refractivity contribution in [1.29, 1.82) is 0 Å². The van der Waals surface area contributed by atoms with Gasteiger partial charge in [-0.25, -0.2) is 18.7 Å². The molecular weight excluding hydrogens is 535 g/mol. The average Bonchev–Trinajstić information content (AvgIpc) is 3.59. The smallest absolute Gasteiger partial charge is 0.407 e. The number of carbonyl (C=O) groups excluding carboxylic acids is 2. The minimum atomic E-state index is -0.463. The number of benzene rings is 2. The number of carbonyl (C=O) groups is 2. The molecule has 0 radical (unpaired) electrons. The zero-order chi connectivity index (χ0) is 29.0. The predicted molar refractivity (Wildman–Crippen MR) is 156 cm³/mol. The number of amides is 2. The van der Waals surface area contributed by atoms with Gasteiger partial charge in [-0.15, -0.1) is 0 Å². The summed E-state index contributed by atoms with van der Waals surface area (Å²) >= 11 is 0. The highest BCUT2D eigenvalue weighted by molar-refractivity contribution is 5.93. The first-order valence-electron chi connectivity index (χ1n) is 14.6. The van der Waals surface area contributed by atoms with Crippen LogP contribution in [0.25, 0.3) is 16.9 Å². The molecule has 7 rings (SSSR count). The molecule has 9 nitrogen and oxygen atoms in total. The summed E-state index contributed by atoms with van der Waals surface area (Å²) in [5.74, 6) is -0.168. The van der Waals surface area contributed by atoms with Crippen LogP contribution in [0, 0.1) is 5.82 Å². The highest BCUT2D eigenvalue weighted by atomic mass is 19.1. The van der Waals surface area contributed by atoms with Crippen LogP contribution in [0.2, 0.25) is 0 Å². The number of hydrogen-bond acceptors (Lipinski definition) is 6. The molecule has 2 aromatic carbocycles. The third kappa shape index (κ3) is 4.74. The van der Waals surface area contributed by atoms with Crippen LogP contribution in [0.4, 0.5) is 14.9 Å². The van der Waals surface area contributed by atoms with Gasteiger partial charge in [0.05, 0.1) is 24.9 Å². The Balaban J connectivity index is 1.17. The molecule has 2 amide bonds. The van der Waals surface area contributed by atoms with E-state index in [-0.39, 0.29) is 23.8 Å². The van der Waals surface area contributed by atoms with Gasteiger partial charge in [-0.05, 0) is 68.0 Å². The maximum atomic E-state index is 15.5. The van der Waals surface area contributed by atoms with Crippen molar-refractivity contribution in [2.75, 3.05) is 31.6 Å². The molecule has 2 aromatic heterocycles. The van der Waals surface area contributed by atoms with Crippen molar-refractivity contribution in [3.8, 4) is 11.3 Å². The lowest BCUT2D eigenvalue weighted by Gasteiger charge is -2.35. The van der Waals surface area contributed by atoms with Crippen LogP contribution in [-0.2, 0) is 11.2 Å². The van der Waals surface area contributed by atoms with Crippen molar-refractivity contribution in [3.05, 3.63) is 82.9 Å². The number of rotatable bonds is 5. The van der Waals surface area contributed by atoms with E-state index in [4.69, 9.17) is 14.8 Å². The zero-order valence-electron chi connectivity index (χ0n) is 23.7. The summed E-state index contributed by atoms with van der Waals surface area (Å²) in [6.07, 6.45) is 3.16. The van der Waals surface area contributed by atoms with E-state index >= 15 is 4.39 Å². The fourth-order valence-electron chi connectivity index (χ4n) is 6.35. The molecule has 0 bridgehead atoms. The van der Waals surface area contributed by atoms with Crippen molar-refractivity contribution in [1.82, 2.24) is 24.8 Å². The lowest BCUT2D eigenvalue weighted by molar-refractivity contribution is 0.0671. The topological polar surface area (TPSA) is 92.1 Å². The van der Waals surface area contributed by atoms with E-state index in [1.54, 1.807) is 16.6 Å². The monoisotopic (exact) mass is 568 g/mol. The van der Waals surface area contributed by atoms with Gasteiger partial charge in [0, 0.05) is 48.6 Å². The number of nitrogens with zero attached hydrogens (tertiary/aromatic N) is 5. The molecular formula is C32H33FN6O3. The molecule has 4 aromatic rings. The van der Waals surface area contributed by atoms with Crippen LogP contribution in [0.15, 0.2) is 54.6 Å². The summed E-state index contributed by atoms with van der Waals surface area (Å²) < 4.78 is 22.0. The molecule has 0 unspecified atom stereocenters. The second-order valence-corrected chi connectivity index (χ2v) is 11.5. The maximum absolute atomic E-state index is 15.5. The molecule has 0 spiro atoms. The Bertz CT molecular complexity index is 1700. The third-order valence-electron chi connectivity index (χ3n) is 8.81. The van der Waals surface area contributed by atoms with E-state index in [2.05, 4.69) is 24.4 Å². The first-order chi connectivity index (χ1) is 20.4. The van der Waals surface area contributed by atoms with Gasteiger partial charge in [0.2, 0.25) is 0 Å². The normalized spacial score (nSPS) is 20.1. The maximum Gasteiger partial charge on any atom is 0.407 e. The summed E-state index contributed by atoms with van der Waals surface area (Å²) in [6, 6.07) is 17.0. The molecule has 216 valence electrons. The average molecular weight is 569 g/mol. The zero-order valence-corrected chi connectivity index (χ0v) is 23.7. The standard InChI is InChI=1S/C32H33FN6O3/c1-19-24-6-4-3-5-20(24)11-14-38(19)31(40)28-16-29(21-7-8-21)39-30(35-28)17-27(36-39)25-10-9-23(15-26(25)33)37-13-12-22(18-37)34-32(41)42-2/h3-6,9-10,15-17,19,21-22H,7-8,11-14,18H2,1-2H3,(H,34,41)/t19-,22+/m1/s1. The first-order valence-corrected chi connectivity index (χ1v) is 14.6. The van der Waals surface area contributed by atoms with E-state index < -0.39 is 6.09 Å². The largest absolute Gasteiger partial charge is 0.453 e. The number of anilines is 1. The summed E-state index contributed by atoms with van der Waals surface area (Å²) in [4.78, 5) is 34.0. The van der Waals surface area contributed by atoms with Crippen LogP contribution in [0.3, 0.4) is 0 Å². The number of methoxy groups -OCH3 is 1. The summed E-state index contributed by atoms with van der Waals surface area (Å²) in [5, 5.41) is 7.57. The Hall–Kier alpha value is -4.47. The van der Waals surface area contributed by atoms with Crippen LogP contribution in [-0.4, -0.2) is 64.3 Å². The van der Waals surface area contributed by atoms with Crippen LogP contribution in [0.1, 0.15) is 65.5 Å². The van der Waals surface area contributed by atoms with Gasteiger partial charge >= 0.3 is 6.09 Å². The molecule has 10 heteroatoms. The second kappa shape index (κ2) is 10.4. The Labute approximate surface area is 243 Å². The fourth-order valence-corrected chi connectivity index (χ4v) is 6.35. The fraction of sp³-hybridized carbons (Fsp3) is 0.375. The number of halogens is 1. The van der Waals surface area contributed by atoms with E-state index in [0.717, 1.165) is 37.1 Å². The molecule has 42 heavy (non-hydrogen) atoms. The van der Waals surface area contributed by atoms with Gasteiger partial charge in [-0.1, -0.05) is 24.3 Å². The number of alkyl carbamates (subject to hydrolysis) is 1. The van der Waals surface area contributed by atoms with Gasteiger partial charge < -0.3 is 19.9 Å². The summed E-state index contributed by atoms with van der Waals surface area (Å²) in [6.45, 7) is 3.99. The van der Waals surface area contributed by atoms with Crippen LogP contribution >= 0.6 is 0 Å². The van der Waals surface area contributed by atoms with Crippen molar-refractivity contribution >= 4 is 23.3 Å². The minimum absolute atomic E-state index is 0.0416. The summed E-state index contributed by atoms with van der Waals surface area (Å²) in [5.41, 5.74) is 5.95. The minimum Gasteiger partial charge on any atom is -0.453 e. The number of hydrogen-bond donors (Lipinski definition) is 1. The molecule has 1 saturated carbocycles. The Morgan fingerprint density at radius 1 is 1.05 bits per heavy atom. The lowest BCUT2D eigenvalue weighted by atomic mass is 9.93. The van der Waals surface area contributed by atoms with E-state index in [1.165, 1.54) is 24.3 Å². The van der Waals surface area contributed by atoms with Crippen molar-refractivity contribution in [2.45, 2.75) is 50.6 Å². The molecule has 1 N–H and O–H groups in total. The molecule has 4 heterocycles.